The van der Waals surface area contributed by atoms with Crippen LogP contribution >= 0.6 is 0 Å². The number of fused-ring (bicyclic) bond motifs is 6. The maximum absolute atomic E-state index is 14.0. The Hall–Kier alpha value is -8.14. The fraction of sp³-hybridized carbons (Fsp3) is 0.0984. The van der Waals surface area contributed by atoms with Gasteiger partial charge in [0.25, 0.3) is 0 Å². The average Bonchev–Trinajstić information content (AvgIpc) is 3.83. The van der Waals surface area contributed by atoms with E-state index in [-0.39, 0.29) is 0 Å². The number of nitriles is 1. The van der Waals surface area contributed by atoms with Gasteiger partial charge in [-0.3, -0.25) is 0 Å². The van der Waals surface area contributed by atoms with Gasteiger partial charge in [-0.25, -0.2) is 0 Å². The van der Waals surface area contributed by atoms with Crippen LogP contribution in [0.1, 0.15) is 38.9 Å². The fourth-order valence-electron chi connectivity index (χ4n) is 10.4. The Balaban J connectivity index is 1.21. The van der Waals surface area contributed by atoms with Crippen LogP contribution < -0.4 is 0 Å². The SMILES string of the molecule is Cc1ccc(-c2ccc3c(c2)c2ccccc2n3-c2ccc(C#N)cc2-c2cc(-c3ccc(C(F)(F)F)cc3C)ccc2-n2c3ccccc3c3cc(-c4ccc(C)cc4C)ccc32)c(C)c1. The summed E-state index contributed by atoms with van der Waals surface area (Å²) in [4.78, 5) is 0. The Morgan fingerprint density at radius 1 is 0.388 bits per heavy atom. The van der Waals surface area contributed by atoms with Crippen LogP contribution in [0.4, 0.5) is 13.2 Å². The van der Waals surface area contributed by atoms with Crippen LogP contribution in [0.15, 0.2) is 176 Å². The first kappa shape index (κ1) is 41.6. The van der Waals surface area contributed by atoms with Gasteiger partial charge in [-0.1, -0.05) is 108 Å². The molecule has 67 heavy (non-hydrogen) atoms. The number of hydrogen-bond acceptors (Lipinski definition) is 1. The molecule has 0 aliphatic carbocycles. The van der Waals surface area contributed by atoms with Gasteiger partial charge in [0.2, 0.25) is 0 Å². The second kappa shape index (κ2) is 15.8. The van der Waals surface area contributed by atoms with Gasteiger partial charge >= 0.3 is 6.18 Å². The molecular weight excluding hydrogens is 832 g/mol. The number of rotatable bonds is 6. The van der Waals surface area contributed by atoms with Crippen LogP contribution in [-0.4, -0.2) is 9.13 Å². The van der Waals surface area contributed by atoms with Crippen molar-refractivity contribution in [3.63, 3.8) is 0 Å². The molecule has 11 aromatic rings. The molecule has 0 amide bonds. The predicted molar refractivity (Wildman–Crippen MR) is 270 cm³/mol. The lowest BCUT2D eigenvalue weighted by Gasteiger charge is -2.21. The van der Waals surface area contributed by atoms with E-state index in [9.17, 15) is 18.4 Å². The summed E-state index contributed by atoms with van der Waals surface area (Å²) in [5, 5.41) is 14.9. The number of aromatic nitrogens is 2. The van der Waals surface area contributed by atoms with Crippen molar-refractivity contribution in [3.8, 4) is 62.0 Å². The summed E-state index contributed by atoms with van der Waals surface area (Å²) in [6, 6.07) is 61.6. The monoisotopic (exact) mass is 875 g/mol. The third-order valence-electron chi connectivity index (χ3n) is 13.5. The van der Waals surface area contributed by atoms with Crippen LogP contribution in [0, 0.1) is 45.9 Å². The molecule has 0 fully saturated rings. The molecule has 0 saturated carbocycles. The quantitative estimate of drug-likeness (QED) is 0.164. The predicted octanol–water partition coefficient (Wildman–Crippen LogP) is 17.0. The van der Waals surface area contributed by atoms with Crippen molar-refractivity contribution in [3.05, 3.63) is 215 Å². The first-order valence-corrected chi connectivity index (χ1v) is 22.5. The maximum Gasteiger partial charge on any atom is 0.416 e. The third kappa shape index (κ3) is 6.98. The fourth-order valence-corrected chi connectivity index (χ4v) is 10.4. The second-order valence-corrected chi connectivity index (χ2v) is 17.9. The van der Waals surface area contributed by atoms with Gasteiger partial charge in [-0.2, -0.15) is 18.4 Å². The molecule has 0 unspecified atom stereocenters. The van der Waals surface area contributed by atoms with Gasteiger partial charge in [0.05, 0.1) is 50.6 Å². The third-order valence-corrected chi connectivity index (χ3v) is 13.5. The minimum Gasteiger partial charge on any atom is -0.309 e. The summed E-state index contributed by atoms with van der Waals surface area (Å²) in [6.07, 6.45) is -4.47. The summed E-state index contributed by atoms with van der Waals surface area (Å²) in [7, 11) is 0. The van der Waals surface area contributed by atoms with E-state index in [2.05, 4.69) is 176 Å². The number of halogens is 3. The molecule has 0 bridgehead atoms. The number of hydrogen-bond donors (Lipinski definition) is 0. The summed E-state index contributed by atoms with van der Waals surface area (Å²) in [5.74, 6) is 0. The molecule has 3 nitrogen and oxygen atoms in total. The topological polar surface area (TPSA) is 33.6 Å². The Labute approximate surface area is 387 Å². The van der Waals surface area contributed by atoms with E-state index in [1.165, 1.54) is 39.4 Å². The highest BCUT2D eigenvalue weighted by Gasteiger charge is 2.31. The van der Waals surface area contributed by atoms with Crippen molar-refractivity contribution in [2.45, 2.75) is 40.8 Å². The smallest absolute Gasteiger partial charge is 0.309 e. The van der Waals surface area contributed by atoms with Crippen molar-refractivity contribution in [2.75, 3.05) is 0 Å². The molecule has 0 radical (unpaired) electrons. The number of para-hydroxylation sites is 2. The zero-order valence-electron chi connectivity index (χ0n) is 37.7. The first-order valence-electron chi connectivity index (χ1n) is 22.5. The Bertz CT molecular complexity index is 3870. The van der Waals surface area contributed by atoms with Gasteiger partial charge < -0.3 is 9.13 Å². The molecule has 0 atom stereocenters. The van der Waals surface area contributed by atoms with Crippen LogP contribution in [0.5, 0.6) is 0 Å². The van der Waals surface area contributed by atoms with Gasteiger partial charge in [0.15, 0.2) is 0 Å². The largest absolute Gasteiger partial charge is 0.416 e. The lowest BCUT2D eigenvalue weighted by Crippen LogP contribution is -2.05. The highest BCUT2D eigenvalue weighted by atomic mass is 19.4. The molecule has 0 N–H and O–H groups in total. The number of aryl methyl sites for hydroxylation is 5. The average molecular weight is 876 g/mol. The summed E-state index contributed by atoms with van der Waals surface area (Å²) in [6.45, 7) is 10.2. The van der Waals surface area contributed by atoms with Crippen LogP contribution in [0.2, 0.25) is 0 Å². The standard InChI is InChI=1S/C61H44F3N3/c1-36-14-21-46(38(3)28-36)42-17-25-58-52(32-42)49-10-6-8-12-55(49)66(58)57-24-16-41(35-65)31-51(57)54-34-44(48-23-20-45(30-40(48)5)61(62,63)64)19-27-60(54)67-56-13-9-7-11-50(56)53-33-43(18-26-59(53)67)47-22-15-37(2)29-39(47)4/h6-34H,1-5H3. The highest BCUT2D eigenvalue weighted by Crippen LogP contribution is 2.45. The van der Waals surface area contributed by atoms with E-state index in [1.807, 2.05) is 24.3 Å². The number of benzene rings is 9. The molecule has 9 aromatic carbocycles. The number of alkyl halides is 3. The van der Waals surface area contributed by atoms with E-state index in [0.717, 1.165) is 88.9 Å². The highest BCUT2D eigenvalue weighted by molar-refractivity contribution is 6.13. The lowest BCUT2D eigenvalue weighted by molar-refractivity contribution is -0.137. The Morgan fingerprint density at radius 2 is 0.821 bits per heavy atom. The van der Waals surface area contributed by atoms with Crippen molar-refractivity contribution in [1.29, 1.82) is 5.26 Å². The Kier molecular flexibility index (Phi) is 9.79. The molecular formula is C61H44F3N3. The maximum atomic E-state index is 14.0. The van der Waals surface area contributed by atoms with E-state index in [1.54, 1.807) is 13.0 Å². The van der Waals surface area contributed by atoms with E-state index >= 15 is 0 Å². The molecule has 2 aromatic heterocycles. The van der Waals surface area contributed by atoms with E-state index in [0.29, 0.717) is 16.7 Å². The molecule has 0 aliphatic rings. The van der Waals surface area contributed by atoms with Crippen LogP contribution in [0.3, 0.4) is 0 Å². The van der Waals surface area contributed by atoms with Crippen molar-refractivity contribution in [1.82, 2.24) is 9.13 Å². The molecule has 0 aliphatic heterocycles. The summed E-state index contributed by atoms with van der Waals surface area (Å²) < 4.78 is 46.6. The van der Waals surface area contributed by atoms with Gasteiger partial charge in [0.1, 0.15) is 0 Å². The van der Waals surface area contributed by atoms with Gasteiger partial charge in [-0.15, -0.1) is 0 Å². The van der Waals surface area contributed by atoms with Crippen LogP contribution in [0.25, 0.3) is 99.5 Å². The zero-order chi connectivity index (χ0) is 46.3. The zero-order valence-corrected chi connectivity index (χ0v) is 37.7. The normalized spacial score (nSPS) is 11.9. The van der Waals surface area contributed by atoms with Gasteiger partial charge in [-0.05, 0) is 164 Å². The minimum atomic E-state index is -4.47. The molecule has 0 saturated heterocycles. The molecule has 6 heteroatoms. The number of nitrogens with zero attached hydrogens (tertiary/aromatic N) is 3. The molecule has 2 heterocycles. The second-order valence-electron chi connectivity index (χ2n) is 17.9. The summed E-state index contributed by atoms with van der Waals surface area (Å²) >= 11 is 0. The van der Waals surface area contributed by atoms with E-state index in [4.69, 9.17) is 0 Å². The lowest BCUT2D eigenvalue weighted by atomic mass is 9.92. The molecule has 324 valence electrons. The van der Waals surface area contributed by atoms with Crippen molar-refractivity contribution < 1.29 is 13.2 Å². The molecule has 0 spiro atoms. The van der Waals surface area contributed by atoms with E-state index < -0.39 is 11.7 Å². The van der Waals surface area contributed by atoms with Crippen molar-refractivity contribution in [2.24, 2.45) is 0 Å². The van der Waals surface area contributed by atoms with Gasteiger partial charge in [0, 0.05) is 32.7 Å². The first-order chi connectivity index (χ1) is 32.4. The molecule has 11 rings (SSSR count). The minimum absolute atomic E-state index is 0.485. The Morgan fingerprint density at radius 3 is 1.31 bits per heavy atom. The van der Waals surface area contributed by atoms with Crippen molar-refractivity contribution >= 4 is 43.6 Å². The van der Waals surface area contributed by atoms with Crippen LogP contribution in [-0.2, 0) is 6.18 Å². The summed E-state index contributed by atoms with van der Waals surface area (Å²) in [5.41, 5.74) is 18.6.